The summed E-state index contributed by atoms with van der Waals surface area (Å²) in [5.74, 6) is 0. The Bertz CT molecular complexity index is 334. The average Bonchev–Trinajstić information content (AvgIpc) is 2.20. The number of aliphatic imine (C=N–C) groups is 1. The molecule has 0 aliphatic heterocycles. The zero-order valence-electron chi connectivity index (χ0n) is 8.99. The van der Waals surface area contributed by atoms with Crippen molar-refractivity contribution in [3.05, 3.63) is 35.2 Å². The first-order valence-corrected chi connectivity index (χ1v) is 4.81. The molecule has 1 aromatic rings. The first-order chi connectivity index (χ1) is 6.76. The molecule has 1 aromatic heterocycles. The maximum Gasteiger partial charge on any atom is 0.0633 e. The van der Waals surface area contributed by atoms with E-state index in [9.17, 15) is 0 Å². The molecular formula is C12H16N2. The minimum Gasteiger partial charge on any atom is -0.296 e. The first-order valence-electron chi connectivity index (χ1n) is 4.81. The fourth-order valence-corrected chi connectivity index (χ4v) is 1.15. The van der Waals surface area contributed by atoms with Gasteiger partial charge in [0.05, 0.1) is 5.69 Å². The van der Waals surface area contributed by atoms with E-state index < -0.39 is 0 Å². The normalized spacial score (nSPS) is 12.4. The van der Waals surface area contributed by atoms with Crippen molar-refractivity contribution in [2.75, 3.05) is 7.05 Å². The van der Waals surface area contributed by atoms with Gasteiger partial charge in [-0.3, -0.25) is 9.98 Å². The van der Waals surface area contributed by atoms with Crippen LogP contribution in [0.3, 0.4) is 0 Å². The highest BCUT2D eigenvalue weighted by atomic mass is 14.7. The van der Waals surface area contributed by atoms with E-state index in [4.69, 9.17) is 0 Å². The molecule has 0 atom stereocenters. The maximum atomic E-state index is 4.31. The van der Waals surface area contributed by atoms with E-state index in [1.807, 2.05) is 25.4 Å². The molecule has 0 aliphatic carbocycles. The van der Waals surface area contributed by atoms with Crippen molar-refractivity contribution in [1.29, 1.82) is 0 Å². The Hall–Kier alpha value is -1.44. The summed E-state index contributed by atoms with van der Waals surface area (Å²) < 4.78 is 0. The summed E-state index contributed by atoms with van der Waals surface area (Å²) in [6, 6.07) is 4.09. The van der Waals surface area contributed by atoms with Crippen molar-refractivity contribution >= 4 is 12.3 Å². The predicted octanol–water partition coefficient (Wildman–Crippen LogP) is 2.88. The number of hydrogen-bond donors (Lipinski definition) is 0. The van der Waals surface area contributed by atoms with Gasteiger partial charge in [0.15, 0.2) is 0 Å². The van der Waals surface area contributed by atoms with Crippen molar-refractivity contribution in [1.82, 2.24) is 4.98 Å². The van der Waals surface area contributed by atoms with E-state index in [2.05, 4.69) is 29.0 Å². The number of aryl methyl sites for hydroxylation is 1. The van der Waals surface area contributed by atoms with Gasteiger partial charge in [0, 0.05) is 19.5 Å². The van der Waals surface area contributed by atoms with Gasteiger partial charge in [0.1, 0.15) is 0 Å². The van der Waals surface area contributed by atoms with Gasteiger partial charge in [0.25, 0.3) is 0 Å². The average molecular weight is 188 g/mol. The molecule has 0 N–H and O–H groups in total. The van der Waals surface area contributed by atoms with Crippen LogP contribution in [0.1, 0.15) is 24.6 Å². The fraction of sp³-hybridized carbons (Fsp3) is 0.333. The molecular weight excluding hydrogens is 172 g/mol. The number of hydrogen-bond acceptors (Lipinski definition) is 2. The highest BCUT2D eigenvalue weighted by Gasteiger charge is 1.92. The number of nitrogens with zero attached hydrogens (tertiary/aromatic N) is 2. The third kappa shape index (κ3) is 3.13. The molecule has 0 amide bonds. The Morgan fingerprint density at radius 1 is 1.50 bits per heavy atom. The smallest absolute Gasteiger partial charge is 0.0633 e. The number of pyridine rings is 1. The molecule has 1 rings (SSSR count). The van der Waals surface area contributed by atoms with E-state index >= 15 is 0 Å². The molecule has 0 saturated carbocycles. The summed E-state index contributed by atoms with van der Waals surface area (Å²) in [6.45, 7) is 4.15. The summed E-state index contributed by atoms with van der Waals surface area (Å²) in [7, 11) is 1.78. The lowest BCUT2D eigenvalue weighted by Gasteiger charge is -1.97. The van der Waals surface area contributed by atoms with Gasteiger partial charge in [-0.25, -0.2) is 0 Å². The van der Waals surface area contributed by atoms with Crippen LogP contribution in [0.2, 0.25) is 0 Å². The molecule has 0 saturated heterocycles. The zero-order valence-corrected chi connectivity index (χ0v) is 8.99. The Labute approximate surface area is 85.4 Å². The van der Waals surface area contributed by atoms with Crippen LogP contribution in [0.15, 0.2) is 28.9 Å². The van der Waals surface area contributed by atoms with Crippen LogP contribution < -0.4 is 0 Å². The second-order valence-corrected chi connectivity index (χ2v) is 3.22. The predicted molar refractivity (Wildman–Crippen MR) is 61.7 cm³/mol. The van der Waals surface area contributed by atoms with Crippen molar-refractivity contribution in [3.63, 3.8) is 0 Å². The summed E-state index contributed by atoms with van der Waals surface area (Å²) in [5.41, 5.74) is 3.38. The lowest BCUT2D eigenvalue weighted by atomic mass is 10.1. The largest absolute Gasteiger partial charge is 0.296 e. The van der Waals surface area contributed by atoms with Crippen LogP contribution >= 0.6 is 0 Å². The molecule has 0 radical (unpaired) electrons. The molecule has 14 heavy (non-hydrogen) atoms. The summed E-state index contributed by atoms with van der Waals surface area (Å²) >= 11 is 0. The van der Waals surface area contributed by atoms with Gasteiger partial charge >= 0.3 is 0 Å². The molecule has 74 valence electrons. The molecule has 1 heterocycles. The summed E-state index contributed by atoms with van der Waals surface area (Å²) in [4.78, 5) is 8.31. The van der Waals surface area contributed by atoms with Gasteiger partial charge in [-0.1, -0.05) is 13.0 Å². The van der Waals surface area contributed by atoms with Crippen molar-refractivity contribution < 1.29 is 0 Å². The second kappa shape index (κ2) is 5.32. The highest BCUT2D eigenvalue weighted by molar-refractivity contribution is 5.84. The molecule has 2 heteroatoms. The molecule has 0 aliphatic rings. The van der Waals surface area contributed by atoms with Crippen LogP contribution in [0, 0.1) is 6.92 Å². The fourth-order valence-electron chi connectivity index (χ4n) is 1.15. The third-order valence-corrected chi connectivity index (χ3v) is 1.97. The molecule has 0 bridgehead atoms. The van der Waals surface area contributed by atoms with Crippen LogP contribution in [0.4, 0.5) is 0 Å². The van der Waals surface area contributed by atoms with Gasteiger partial charge in [-0.05, 0) is 36.6 Å². The lowest BCUT2D eigenvalue weighted by molar-refractivity contribution is 1.17. The Morgan fingerprint density at radius 2 is 2.29 bits per heavy atom. The molecule has 0 spiro atoms. The Morgan fingerprint density at radius 3 is 2.79 bits per heavy atom. The van der Waals surface area contributed by atoms with Crippen LogP contribution in [-0.4, -0.2) is 18.2 Å². The van der Waals surface area contributed by atoms with Gasteiger partial charge in [-0.15, -0.1) is 0 Å². The molecule has 0 aromatic carbocycles. The molecule has 0 fully saturated rings. The lowest BCUT2D eigenvalue weighted by Crippen LogP contribution is -1.86. The van der Waals surface area contributed by atoms with E-state index in [0.717, 1.165) is 12.1 Å². The van der Waals surface area contributed by atoms with Crippen LogP contribution in [0.5, 0.6) is 0 Å². The number of rotatable bonds is 3. The zero-order chi connectivity index (χ0) is 10.4. The van der Waals surface area contributed by atoms with E-state index in [1.54, 1.807) is 7.05 Å². The van der Waals surface area contributed by atoms with Crippen molar-refractivity contribution in [3.8, 4) is 0 Å². The van der Waals surface area contributed by atoms with Crippen LogP contribution in [0.25, 0.3) is 6.08 Å². The minimum atomic E-state index is 0.979. The van der Waals surface area contributed by atoms with Gasteiger partial charge in [-0.2, -0.15) is 0 Å². The maximum absolute atomic E-state index is 4.31. The highest BCUT2D eigenvalue weighted by Crippen LogP contribution is 2.06. The third-order valence-electron chi connectivity index (χ3n) is 1.97. The van der Waals surface area contributed by atoms with E-state index in [1.165, 1.54) is 11.1 Å². The summed E-state index contributed by atoms with van der Waals surface area (Å²) in [5, 5.41) is 0. The van der Waals surface area contributed by atoms with Crippen molar-refractivity contribution in [2.45, 2.75) is 20.3 Å². The van der Waals surface area contributed by atoms with Crippen LogP contribution in [-0.2, 0) is 0 Å². The second-order valence-electron chi connectivity index (χ2n) is 3.22. The number of aromatic nitrogens is 1. The Balaban J connectivity index is 2.89. The SMILES string of the molecule is CC/C(C=NC)=C/c1ccc(C)cn1. The standard InChI is InChI=1S/C12H16N2/c1-4-11(9-13-3)7-12-6-5-10(2)8-14-12/h5-9H,4H2,1-3H3/b11-7-,13-9?. The molecule has 0 unspecified atom stereocenters. The number of allylic oxidation sites excluding steroid dienone is 1. The van der Waals surface area contributed by atoms with Gasteiger partial charge in [0.2, 0.25) is 0 Å². The minimum absolute atomic E-state index is 0.979. The quantitative estimate of drug-likeness (QED) is 0.669. The Kier molecular flexibility index (Phi) is 4.05. The van der Waals surface area contributed by atoms with E-state index in [-0.39, 0.29) is 0 Å². The van der Waals surface area contributed by atoms with E-state index in [0.29, 0.717) is 0 Å². The molecule has 2 nitrogen and oxygen atoms in total. The monoisotopic (exact) mass is 188 g/mol. The summed E-state index contributed by atoms with van der Waals surface area (Å²) in [6.07, 6.45) is 6.79. The van der Waals surface area contributed by atoms with Gasteiger partial charge < -0.3 is 0 Å². The first kappa shape index (κ1) is 10.6. The topological polar surface area (TPSA) is 25.2 Å². The van der Waals surface area contributed by atoms with Crippen molar-refractivity contribution in [2.24, 2.45) is 4.99 Å².